The maximum Gasteiger partial charge on any atom is 0.338 e. The number of esters is 6. The van der Waals surface area contributed by atoms with Gasteiger partial charge in [0.15, 0.2) is 17.6 Å². The van der Waals surface area contributed by atoms with Gasteiger partial charge in [-0.3, -0.25) is 24.0 Å². The summed E-state index contributed by atoms with van der Waals surface area (Å²) in [4.78, 5) is 79.0. The Bertz CT molecular complexity index is 1890. The van der Waals surface area contributed by atoms with Gasteiger partial charge in [0.05, 0.1) is 5.56 Å². The first-order valence-electron chi connectivity index (χ1n) is 21.0. The van der Waals surface area contributed by atoms with Gasteiger partial charge in [0.25, 0.3) is 0 Å². The van der Waals surface area contributed by atoms with Gasteiger partial charge in [-0.15, -0.1) is 0 Å². The minimum absolute atomic E-state index is 0.0468. The molecule has 0 aromatic heterocycles. The smallest absolute Gasteiger partial charge is 0.338 e. The van der Waals surface area contributed by atoms with E-state index in [0.29, 0.717) is 56.9 Å². The van der Waals surface area contributed by atoms with Crippen LogP contribution in [0.1, 0.15) is 159 Å². The first-order valence-corrected chi connectivity index (χ1v) is 21.0. The lowest BCUT2D eigenvalue weighted by atomic mass is 9.93. The van der Waals surface area contributed by atoms with Crippen molar-refractivity contribution in [3.63, 3.8) is 0 Å². The first kappa shape index (κ1) is 47.0. The Balaban J connectivity index is 1.93. The van der Waals surface area contributed by atoms with E-state index in [-0.39, 0.29) is 84.1 Å². The van der Waals surface area contributed by atoms with Crippen molar-refractivity contribution in [2.24, 2.45) is 0 Å². The number of hydrogen-bond acceptors (Lipinski definition) is 13. The van der Waals surface area contributed by atoms with E-state index in [1.165, 1.54) is 36.4 Å². The molecule has 0 spiro atoms. The van der Waals surface area contributed by atoms with Crippen molar-refractivity contribution < 1.29 is 61.9 Å². The van der Waals surface area contributed by atoms with Crippen molar-refractivity contribution in [2.75, 3.05) is 0 Å². The second-order valence-electron chi connectivity index (χ2n) is 14.5. The molecular weight excluding hydrogens is 773 g/mol. The van der Waals surface area contributed by atoms with E-state index in [1.807, 2.05) is 34.6 Å². The molecule has 0 aliphatic carbocycles. The standard InChI is InChI=1S/C47H55O13/c1-6-11-21-40(48)54-33-28-35(55-41(49)22-12-7-2)34-30-39(59-47(53)31-19-17-16-18-20-31)45(58-36(34)29-33)32-26-37(56-42(50)23-13-8-3)46(60-44(52)25-15-10-5)38(27-32)57-43(51)24-14-9-4/h19-20,26-29,39,45H,6-15,21-25,30H2,1-5H3/t39-,45-/m1/s1. The van der Waals surface area contributed by atoms with E-state index in [1.54, 1.807) is 0 Å². The molecule has 0 amide bonds. The SMILES string of the molecule is CCCCC(=O)Oc1cc(OC(=O)CCCC)c2c(c1)O[C@H](c1cc(OC(=O)CCCC)c(OC(=O)CCCC)c(OC(=O)CCCC)c1)[C@H](OC(=O)c1c[c][c][c]c1)C2. The van der Waals surface area contributed by atoms with Crippen LogP contribution >= 0.6 is 0 Å². The van der Waals surface area contributed by atoms with Crippen molar-refractivity contribution >= 4 is 35.8 Å². The van der Waals surface area contributed by atoms with Crippen LogP contribution in [0.4, 0.5) is 0 Å². The zero-order valence-corrected chi connectivity index (χ0v) is 35.2. The second-order valence-corrected chi connectivity index (χ2v) is 14.5. The van der Waals surface area contributed by atoms with Crippen molar-refractivity contribution in [1.82, 2.24) is 0 Å². The largest absolute Gasteiger partial charge is 0.481 e. The summed E-state index contributed by atoms with van der Waals surface area (Å²) in [7, 11) is 0. The minimum atomic E-state index is -1.22. The molecule has 0 bridgehead atoms. The van der Waals surface area contributed by atoms with Crippen molar-refractivity contribution in [3.8, 4) is 34.5 Å². The molecule has 1 aliphatic heterocycles. The highest BCUT2D eigenvalue weighted by Crippen LogP contribution is 2.48. The number of rotatable bonds is 23. The monoisotopic (exact) mass is 827 g/mol. The predicted octanol–water partition coefficient (Wildman–Crippen LogP) is 9.47. The quantitative estimate of drug-likeness (QED) is 0.0656. The molecule has 0 fully saturated rings. The number of carbonyl (C=O) groups is 6. The zero-order valence-electron chi connectivity index (χ0n) is 35.2. The average molecular weight is 828 g/mol. The van der Waals surface area contributed by atoms with Crippen LogP contribution in [-0.4, -0.2) is 41.9 Å². The van der Waals surface area contributed by atoms with Gasteiger partial charge in [-0.25, -0.2) is 4.79 Å². The number of fused-ring (bicyclic) bond motifs is 1. The van der Waals surface area contributed by atoms with Gasteiger partial charge in [-0.05, 0) is 74.6 Å². The predicted molar refractivity (Wildman–Crippen MR) is 218 cm³/mol. The van der Waals surface area contributed by atoms with E-state index in [9.17, 15) is 28.8 Å². The fourth-order valence-corrected chi connectivity index (χ4v) is 6.08. The fraction of sp³-hybridized carbons (Fsp3) is 0.489. The van der Waals surface area contributed by atoms with E-state index in [4.69, 9.17) is 33.2 Å². The van der Waals surface area contributed by atoms with Crippen molar-refractivity contribution in [3.05, 3.63) is 71.3 Å². The Hall–Kier alpha value is -5.72. The lowest BCUT2D eigenvalue weighted by Crippen LogP contribution is -2.35. The lowest BCUT2D eigenvalue weighted by molar-refractivity contribution is -0.138. The molecule has 0 N–H and O–H groups in total. The Labute approximate surface area is 352 Å². The Morgan fingerprint density at radius 3 is 1.52 bits per heavy atom. The van der Waals surface area contributed by atoms with Gasteiger partial charge in [-0.2, -0.15) is 0 Å². The van der Waals surface area contributed by atoms with E-state index in [2.05, 4.69) is 18.2 Å². The zero-order chi connectivity index (χ0) is 43.4. The van der Waals surface area contributed by atoms with Crippen LogP contribution in [0, 0.1) is 18.2 Å². The van der Waals surface area contributed by atoms with E-state index < -0.39 is 48.0 Å². The normalized spacial score (nSPS) is 14.2. The van der Waals surface area contributed by atoms with Crippen molar-refractivity contribution in [2.45, 2.75) is 150 Å². The highest BCUT2D eigenvalue weighted by Gasteiger charge is 2.39. The van der Waals surface area contributed by atoms with E-state index >= 15 is 0 Å². The number of hydrogen-bond donors (Lipinski definition) is 0. The summed E-state index contributed by atoms with van der Waals surface area (Å²) in [5.41, 5.74) is 0.666. The van der Waals surface area contributed by atoms with Gasteiger partial charge in [0.2, 0.25) is 5.75 Å². The third-order valence-electron chi connectivity index (χ3n) is 9.40. The van der Waals surface area contributed by atoms with Crippen LogP contribution < -0.4 is 28.4 Å². The molecule has 0 unspecified atom stereocenters. The Morgan fingerprint density at radius 1 is 0.583 bits per heavy atom. The molecule has 3 aromatic carbocycles. The molecule has 13 nitrogen and oxygen atoms in total. The molecule has 4 rings (SSSR count). The van der Waals surface area contributed by atoms with Crippen LogP contribution in [-0.2, 0) is 35.1 Å². The second kappa shape index (κ2) is 24.4. The van der Waals surface area contributed by atoms with Gasteiger partial charge in [0.1, 0.15) is 23.4 Å². The minimum Gasteiger partial charge on any atom is -0.481 e. The molecule has 60 heavy (non-hydrogen) atoms. The van der Waals surface area contributed by atoms with Crippen LogP contribution in [0.5, 0.6) is 34.5 Å². The van der Waals surface area contributed by atoms with Crippen LogP contribution in [0.2, 0.25) is 0 Å². The maximum absolute atomic E-state index is 13.7. The first-order chi connectivity index (χ1) is 29.0. The summed E-state index contributed by atoms with van der Waals surface area (Å²) in [6.07, 6.45) is 4.35. The van der Waals surface area contributed by atoms with Crippen LogP contribution in [0.25, 0.3) is 0 Å². The summed E-state index contributed by atoms with van der Waals surface area (Å²) in [6, 6.07) is 16.5. The molecule has 0 saturated carbocycles. The molecular formula is C47H55O13. The van der Waals surface area contributed by atoms with Gasteiger partial charge >= 0.3 is 35.8 Å². The lowest BCUT2D eigenvalue weighted by Gasteiger charge is -2.34. The van der Waals surface area contributed by atoms with Gasteiger partial charge in [-0.1, -0.05) is 66.7 Å². The molecule has 321 valence electrons. The summed E-state index contributed by atoms with van der Waals surface area (Å²) >= 11 is 0. The van der Waals surface area contributed by atoms with Gasteiger partial charge in [0, 0.05) is 61.8 Å². The molecule has 2 atom stereocenters. The molecule has 0 saturated heterocycles. The highest BCUT2D eigenvalue weighted by molar-refractivity contribution is 5.89. The molecule has 1 aliphatic rings. The highest BCUT2D eigenvalue weighted by atomic mass is 16.6. The molecule has 3 radical (unpaired) electrons. The van der Waals surface area contributed by atoms with E-state index in [0.717, 1.165) is 12.8 Å². The van der Waals surface area contributed by atoms with Crippen LogP contribution in [0.15, 0.2) is 36.4 Å². The van der Waals surface area contributed by atoms with Gasteiger partial charge < -0.3 is 33.2 Å². The average Bonchev–Trinajstić information content (AvgIpc) is 3.23. The number of benzene rings is 3. The number of unbranched alkanes of at least 4 members (excludes halogenated alkanes) is 5. The summed E-state index contributed by atoms with van der Waals surface area (Å²) in [6.45, 7) is 9.64. The Kier molecular flexibility index (Phi) is 19.1. The van der Waals surface area contributed by atoms with Crippen LogP contribution in [0.3, 0.4) is 0 Å². The Morgan fingerprint density at radius 2 is 1.03 bits per heavy atom. The number of carbonyl (C=O) groups excluding carboxylic acids is 6. The molecule has 13 heteroatoms. The summed E-state index contributed by atoms with van der Waals surface area (Å²) in [5.74, 6) is -4.14. The summed E-state index contributed by atoms with van der Waals surface area (Å²) in [5, 5.41) is 0. The third-order valence-corrected chi connectivity index (χ3v) is 9.40. The summed E-state index contributed by atoms with van der Waals surface area (Å²) < 4.78 is 41.7. The molecule has 1 heterocycles. The maximum atomic E-state index is 13.7. The fourth-order valence-electron chi connectivity index (χ4n) is 6.08. The number of ether oxygens (including phenoxy) is 7. The molecule has 3 aromatic rings. The third kappa shape index (κ3) is 14.2. The topological polar surface area (TPSA) is 167 Å². The van der Waals surface area contributed by atoms with Crippen molar-refractivity contribution in [1.29, 1.82) is 0 Å².